The summed E-state index contributed by atoms with van der Waals surface area (Å²) in [6, 6.07) is 2.58. The van der Waals surface area contributed by atoms with Crippen molar-refractivity contribution in [2.75, 3.05) is 18.6 Å². The summed E-state index contributed by atoms with van der Waals surface area (Å²) in [6.45, 7) is 9.51. The number of anilines is 1. The fourth-order valence-electron chi connectivity index (χ4n) is 4.10. The lowest BCUT2D eigenvalue weighted by molar-refractivity contribution is -0.101. The summed E-state index contributed by atoms with van der Waals surface area (Å²) in [5.74, 6) is 2.53. The minimum atomic E-state index is 0.197. The zero-order chi connectivity index (χ0) is 13.8. The van der Waals surface area contributed by atoms with E-state index in [9.17, 15) is 0 Å². The molecule has 1 aromatic rings. The second kappa shape index (κ2) is 4.17. The van der Waals surface area contributed by atoms with Gasteiger partial charge in [-0.05, 0) is 20.3 Å². The maximum Gasteiger partial charge on any atom is 0.132 e. The molecule has 104 valence electrons. The quantitative estimate of drug-likeness (QED) is 0.819. The fourth-order valence-corrected chi connectivity index (χ4v) is 4.10. The van der Waals surface area contributed by atoms with Gasteiger partial charge in [0, 0.05) is 42.8 Å². The Hall–Kier alpha value is -1.16. The molecule has 4 heteroatoms. The number of hydrogen-bond donors (Lipinski definition) is 0. The van der Waals surface area contributed by atoms with Gasteiger partial charge in [-0.2, -0.15) is 0 Å². The average molecular weight is 261 g/mol. The van der Waals surface area contributed by atoms with Crippen molar-refractivity contribution < 1.29 is 4.74 Å². The molecular weight excluding hydrogens is 238 g/mol. The molecule has 4 nitrogen and oxygen atoms in total. The minimum absolute atomic E-state index is 0.197. The van der Waals surface area contributed by atoms with Crippen LogP contribution in [-0.2, 0) is 4.74 Å². The molecule has 2 heterocycles. The summed E-state index contributed by atoms with van der Waals surface area (Å²) < 4.78 is 5.87. The summed E-state index contributed by atoms with van der Waals surface area (Å²) >= 11 is 0. The van der Waals surface area contributed by atoms with Crippen LogP contribution in [-0.4, -0.2) is 35.8 Å². The maximum absolute atomic E-state index is 5.87. The first kappa shape index (κ1) is 12.9. The highest BCUT2D eigenvalue weighted by Gasteiger charge is 2.61. The highest BCUT2D eigenvalue weighted by Crippen LogP contribution is 2.54. The normalized spacial score (nSPS) is 31.7. The highest BCUT2D eigenvalue weighted by molar-refractivity contribution is 5.43. The molecule has 2 fully saturated rings. The molecule has 3 atom stereocenters. The second-order valence-corrected chi connectivity index (χ2v) is 6.54. The fraction of sp³-hybridized carbons (Fsp3) is 0.733. The first-order valence-electron chi connectivity index (χ1n) is 7.08. The number of fused-ring (bicyclic) bond motifs is 1. The van der Waals surface area contributed by atoms with Crippen LogP contribution in [0.5, 0.6) is 0 Å². The van der Waals surface area contributed by atoms with Crippen LogP contribution in [0.4, 0.5) is 5.82 Å². The van der Waals surface area contributed by atoms with Crippen molar-refractivity contribution >= 4 is 5.82 Å². The Bertz CT molecular complexity index is 480. The predicted molar refractivity (Wildman–Crippen MR) is 75.3 cm³/mol. The lowest BCUT2D eigenvalue weighted by Crippen LogP contribution is -2.66. The lowest BCUT2D eigenvalue weighted by Gasteiger charge is -2.58. The zero-order valence-corrected chi connectivity index (χ0v) is 12.5. The Kier molecular flexibility index (Phi) is 2.82. The van der Waals surface area contributed by atoms with Crippen molar-refractivity contribution in [2.24, 2.45) is 11.3 Å². The van der Waals surface area contributed by atoms with Crippen LogP contribution in [0.2, 0.25) is 0 Å². The largest absolute Gasteiger partial charge is 0.377 e. The monoisotopic (exact) mass is 261 g/mol. The van der Waals surface area contributed by atoms with E-state index in [1.165, 1.54) is 6.42 Å². The molecule has 0 amide bonds. The summed E-state index contributed by atoms with van der Waals surface area (Å²) in [5, 5.41) is 0. The molecule has 0 unspecified atom stereocenters. The van der Waals surface area contributed by atoms with Gasteiger partial charge in [-0.15, -0.1) is 0 Å². The van der Waals surface area contributed by atoms with Gasteiger partial charge >= 0.3 is 0 Å². The first-order valence-corrected chi connectivity index (χ1v) is 7.08. The van der Waals surface area contributed by atoms with Crippen molar-refractivity contribution in [3.05, 3.63) is 17.6 Å². The van der Waals surface area contributed by atoms with E-state index < -0.39 is 0 Å². The summed E-state index contributed by atoms with van der Waals surface area (Å²) in [6.07, 6.45) is 1.59. The molecule has 1 saturated heterocycles. The molecule has 1 saturated carbocycles. The standard InChI is InChI=1S/C15H23N3O/c1-9-8-12(17-10(2)16-9)18(5)13-11-6-7-19-14(11)15(13,3)4/h8,11,13-14H,6-7H2,1-5H3/t11-,13-,14-/m1/s1. The Morgan fingerprint density at radius 1 is 1.32 bits per heavy atom. The van der Waals surface area contributed by atoms with Gasteiger partial charge in [-0.1, -0.05) is 13.8 Å². The van der Waals surface area contributed by atoms with Gasteiger partial charge in [0.2, 0.25) is 0 Å². The summed E-state index contributed by atoms with van der Waals surface area (Å²) in [5.41, 5.74) is 1.23. The third kappa shape index (κ3) is 1.84. The number of aromatic nitrogens is 2. The molecule has 1 aliphatic carbocycles. The van der Waals surface area contributed by atoms with Crippen LogP contribution in [0.3, 0.4) is 0 Å². The molecule has 0 spiro atoms. The average Bonchev–Trinajstić information content (AvgIpc) is 2.73. The van der Waals surface area contributed by atoms with Crippen LogP contribution in [0, 0.1) is 25.2 Å². The van der Waals surface area contributed by atoms with E-state index in [2.05, 4.69) is 41.8 Å². The Morgan fingerprint density at radius 3 is 2.74 bits per heavy atom. The highest BCUT2D eigenvalue weighted by atomic mass is 16.5. The smallest absolute Gasteiger partial charge is 0.132 e. The topological polar surface area (TPSA) is 38.2 Å². The molecule has 0 aromatic carbocycles. The van der Waals surface area contributed by atoms with Gasteiger partial charge in [0.15, 0.2) is 0 Å². The number of rotatable bonds is 2. The Morgan fingerprint density at radius 2 is 2.05 bits per heavy atom. The summed E-state index contributed by atoms with van der Waals surface area (Å²) in [4.78, 5) is 11.3. The minimum Gasteiger partial charge on any atom is -0.377 e. The van der Waals surface area contributed by atoms with E-state index in [4.69, 9.17) is 4.74 Å². The van der Waals surface area contributed by atoms with Crippen LogP contribution < -0.4 is 4.90 Å². The molecule has 0 bridgehead atoms. The van der Waals surface area contributed by atoms with Crippen molar-refractivity contribution in [1.82, 2.24) is 9.97 Å². The van der Waals surface area contributed by atoms with Crippen LogP contribution in [0.25, 0.3) is 0 Å². The molecule has 0 radical (unpaired) electrons. The second-order valence-electron chi connectivity index (χ2n) is 6.54. The number of aryl methyl sites for hydroxylation is 2. The van der Waals surface area contributed by atoms with E-state index >= 15 is 0 Å². The van der Waals surface area contributed by atoms with Crippen molar-refractivity contribution in [3.8, 4) is 0 Å². The van der Waals surface area contributed by atoms with Crippen molar-refractivity contribution in [1.29, 1.82) is 0 Å². The van der Waals surface area contributed by atoms with Crippen LogP contribution >= 0.6 is 0 Å². The third-order valence-corrected chi connectivity index (χ3v) is 4.77. The van der Waals surface area contributed by atoms with Gasteiger partial charge in [-0.25, -0.2) is 9.97 Å². The molecule has 0 N–H and O–H groups in total. The van der Waals surface area contributed by atoms with Gasteiger partial charge in [0.25, 0.3) is 0 Å². The molecule has 19 heavy (non-hydrogen) atoms. The number of hydrogen-bond acceptors (Lipinski definition) is 4. The molecule has 1 aromatic heterocycles. The Labute approximate surface area is 115 Å². The number of nitrogens with zero attached hydrogens (tertiary/aromatic N) is 3. The molecule has 2 aliphatic rings. The third-order valence-electron chi connectivity index (χ3n) is 4.77. The first-order chi connectivity index (χ1) is 8.91. The number of ether oxygens (including phenoxy) is 1. The zero-order valence-electron chi connectivity index (χ0n) is 12.5. The predicted octanol–water partition coefficient (Wildman–Crippen LogP) is 2.34. The van der Waals surface area contributed by atoms with Crippen molar-refractivity contribution in [2.45, 2.75) is 46.3 Å². The van der Waals surface area contributed by atoms with Gasteiger partial charge < -0.3 is 9.64 Å². The molecular formula is C15H23N3O. The Balaban J connectivity index is 1.89. The van der Waals surface area contributed by atoms with E-state index in [1.54, 1.807) is 0 Å². The molecule has 3 rings (SSSR count). The van der Waals surface area contributed by atoms with E-state index in [-0.39, 0.29) is 5.41 Å². The van der Waals surface area contributed by atoms with E-state index in [1.807, 2.05) is 13.8 Å². The SMILES string of the molecule is Cc1cc(N(C)[C@@H]2[C@H]3CCO[C@H]3C2(C)C)nc(C)n1. The van der Waals surface area contributed by atoms with Crippen LogP contribution in [0.15, 0.2) is 6.07 Å². The van der Waals surface area contributed by atoms with E-state index in [0.29, 0.717) is 18.1 Å². The summed E-state index contributed by atoms with van der Waals surface area (Å²) in [7, 11) is 2.15. The lowest BCUT2D eigenvalue weighted by atomic mass is 9.57. The van der Waals surface area contributed by atoms with Gasteiger partial charge in [-0.3, -0.25) is 0 Å². The van der Waals surface area contributed by atoms with Gasteiger partial charge in [0.05, 0.1) is 6.10 Å². The maximum atomic E-state index is 5.87. The van der Waals surface area contributed by atoms with Crippen LogP contribution in [0.1, 0.15) is 31.8 Å². The van der Waals surface area contributed by atoms with Gasteiger partial charge in [0.1, 0.15) is 11.6 Å². The molecule has 1 aliphatic heterocycles. The van der Waals surface area contributed by atoms with Crippen molar-refractivity contribution in [3.63, 3.8) is 0 Å². The van der Waals surface area contributed by atoms with E-state index in [0.717, 1.165) is 23.9 Å².